The van der Waals surface area contributed by atoms with Crippen molar-refractivity contribution in [2.24, 2.45) is 0 Å². The highest BCUT2D eigenvalue weighted by Gasteiger charge is 2.29. The Kier molecular flexibility index (Phi) is 5.53. The molecule has 0 aliphatic carbocycles. The minimum absolute atomic E-state index is 0.0989. The van der Waals surface area contributed by atoms with E-state index >= 15 is 0 Å². The highest BCUT2D eigenvalue weighted by Crippen LogP contribution is 2.24. The second kappa shape index (κ2) is 8.40. The summed E-state index contributed by atoms with van der Waals surface area (Å²) in [5.74, 6) is 0.0989. The van der Waals surface area contributed by atoms with E-state index in [1.54, 1.807) is 13.3 Å². The maximum Gasteiger partial charge on any atom is 0.254 e. The molecule has 0 N–H and O–H groups in total. The van der Waals surface area contributed by atoms with E-state index in [2.05, 4.69) is 29.2 Å². The molecule has 1 fully saturated rings. The van der Waals surface area contributed by atoms with Crippen LogP contribution in [0.25, 0.3) is 11.1 Å². The van der Waals surface area contributed by atoms with Gasteiger partial charge in [-0.1, -0.05) is 36.4 Å². The van der Waals surface area contributed by atoms with Gasteiger partial charge in [0.05, 0.1) is 19.0 Å². The fraction of sp³-hybridized carbons (Fsp3) is 0.304. The van der Waals surface area contributed by atoms with Gasteiger partial charge in [-0.25, -0.2) is 4.98 Å². The van der Waals surface area contributed by atoms with Crippen LogP contribution in [-0.4, -0.2) is 46.7 Å². The summed E-state index contributed by atoms with van der Waals surface area (Å²) < 4.78 is 7.31. The van der Waals surface area contributed by atoms with Crippen molar-refractivity contribution >= 4 is 5.91 Å². The first kappa shape index (κ1) is 18.4. The Morgan fingerprint density at radius 2 is 1.82 bits per heavy atom. The highest BCUT2D eigenvalue weighted by atomic mass is 16.5. The minimum atomic E-state index is 0.0989. The van der Waals surface area contributed by atoms with Gasteiger partial charge in [0.2, 0.25) is 0 Å². The first-order valence-electron chi connectivity index (χ1n) is 9.69. The lowest BCUT2D eigenvalue weighted by Gasteiger charge is -2.24. The fourth-order valence-electron chi connectivity index (χ4n) is 3.83. The highest BCUT2D eigenvalue weighted by molar-refractivity contribution is 5.95. The number of rotatable bonds is 6. The molecule has 0 saturated carbocycles. The number of nitrogens with zero attached hydrogens (tertiary/aromatic N) is 3. The predicted molar refractivity (Wildman–Crippen MR) is 109 cm³/mol. The number of benzene rings is 2. The van der Waals surface area contributed by atoms with Gasteiger partial charge in [0, 0.05) is 38.2 Å². The van der Waals surface area contributed by atoms with E-state index in [-0.39, 0.29) is 11.9 Å². The minimum Gasteiger partial charge on any atom is -0.383 e. The number of carbonyl (C=O) groups is 1. The molecular formula is C23H25N3O2. The molecule has 2 heterocycles. The molecule has 0 spiro atoms. The molecule has 1 saturated heterocycles. The van der Waals surface area contributed by atoms with Crippen LogP contribution in [0, 0.1) is 0 Å². The summed E-state index contributed by atoms with van der Waals surface area (Å²) in [6.07, 6.45) is 7.63. The SMILES string of the molecule is COC[C@@H]1CCCN1C(=O)c1ccc(-c2ccc(Cn3ccnc3)cc2)cc1. The van der Waals surface area contributed by atoms with Crippen molar-refractivity contribution in [3.05, 3.63) is 78.4 Å². The largest absolute Gasteiger partial charge is 0.383 e. The summed E-state index contributed by atoms with van der Waals surface area (Å²) in [5.41, 5.74) is 4.22. The van der Waals surface area contributed by atoms with Crippen molar-refractivity contribution in [1.29, 1.82) is 0 Å². The molecule has 1 aromatic heterocycles. The van der Waals surface area contributed by atoms with Crippen LogP contribution < -0.4 is 0 Å². The van der Waals surface area contributed by atoms with Crippen LogP contribution in [0.1, 0.15) is 28.8 Å². The van der Waals surface area contributed by atoms with Crippen molar-refractivity contribution in [1.82, 2.24) is 14.5 Å². The van der Waals surface area contributed by atoms with Gasteiger partial charge in [-0.3, -0.25) is 4.79 Å². The third-order valence-electron chi connectivity index (χ3n) is 5.34. The van der Waals surface area contributed by atoms with Crippen molar-refractivity contribution < 1.29 is 9.53 Å². The summed E-state index contributed by atoms with van der Waals surface area (Å²) in [7, 11) is 1.69. The zero-order valence-electron chi connectivity index (χ0n) is 16.1. The van der Waals surface area contributed by atoms with Crippen molar-refractivity contribution in [3.8, 4) is 11.1 Å². The van der Waals surface area contributed by atoms with Gasteiger partial charge in [0.15, 0.2) is 0 Å². The Morgan fingerprint density at radius 3 is 2.46 bits per heavy atom. The van der Waals surface area contributed by atoms with Gasteiger partial charge in [-0.2, -0.15) is 0 Å². The van der Waals surface area contributed by atoms with Crippen molar-refractivity contribution in [2.75, 3.05) is 20.3 Å². The van der Waals surface area contributed by atoms with Gasteiger partial charge < -0.3 is 14.2 Å². The smallest absolute Gasteiger partial charge is 0.254 e. The Bertz CT molecular complexity index is 902. The molecule has 2 aromatic carbocycles. The number of hydrogen-bond acceptors (Lipinski definition) is 3. The molecule has 3 aromatic rings. The van der Waals surface area contributed by atoms with E-state index < -0.39 is 0 Å². The Balaban J connectivity index is 1.45. The molecule has 5 nitrogen and oxygen atoms in total. The van der Waals surface area contributed by atoms with Crippen LogP contribution in [0.2, 0.25) is 0 Å². The molecule has 1 amide bonds. The maximum atomic E-state index is 12.8. The van der Waals surface area contributed by atoms with E-state index in [0.717, 1.165) is 42.6 Å². The van der Waals surface area contributed by atoms with Crippen LogP contribution in [0.4, 0.5) is 0 Å². The fourth-order valence-corrected chi connectivity index (χ4v) is 3.83. The number of aromatic nitrogens is 2. The molecule has 1 atom stereocenters. The van der Waals surface area contributed by atoms with Gasteiger partial charge in [-0.05, 0) is 41.7 Å². The zero-order chi connectivity index (χ0) is 19.3. The van der Waals surface area contributed by atoms with E-state index in [1.165, 1.54) is 5.56 Å². The molecule has 4 rings (SSSR count). The van der Waals surface area contributed by atoms with Gasteiger partial charge in [0.1, 0.15) is 0 Å². The lowest BCUT2D eigenvalue weighted by molar-refractivity contribution is 0.0630. The average Bonchev–Trinajstić information content (AvgIpc) is 3.41. The van der Waals surface area contributed by atoms with E-state index in [1.807, 2.05) is 46.3 Å². The Labute approximate surface area is 165 Å². The molecular weight excluding hydrogens is 350 g/mol. The van der Waals surface area contributed by atoms with Crippen LogP contribution in [0.3, 0.4) is 0 Å². The topological polar surface area (TPSA) is 47.4 Å². The predicted octanol–water partition coefficient (Wildman–Crippen LogP) is 3.85. The van der Waals surface area contributed by atoms with Crippen molar-refractivity contribution in [3.63, 3.8) is 0 Å². The van der Waals surface area contributed by atoms with Crippen LogP contribution in [-0.2, 0) is 11.3 Å². The number of methoxy groups -OCH3 is 1. The standard InChI is InChI=1S/C23H25N3O2/c1-28-16-22-3-2-13-26(22)23(27)21-10-8-20(9-11-21)19-6-4-18(5-7-19)15-25-14-12-24-17-25/h4-12,14,17,22H,2-3,13,15-16H2,1H3/t22-/m0/s1. The number of hydrogen-bond donors (Lipinski definition) is 0. The third kappa shape index (κ3) is 3.99. The summed E-state index contributed by atoms with van der Waals surface area (Å²) >= 11 is 0. The number of imidazole rings is 1. The summed E-state index contributed by atoms with van der Waals surface area (Å²) in [5, 5.41) is 0. The second-order valence-electron chi connectivity index (χ2n) is 7.26. The summed E-state index contributed by atoms with van der Waals surface area (Å²) in [6.45, 7) is 2.23. The van der Waals surface area contributed by atoms with Gasteiger partial charge in [0.25, 0.3) is 5.91 Å². The second-order valence-corrected chi connectivity index (χ2v) is 7.26. The third-order valence-corrected chi connectivity index (χ3v) is 5.34. The monoisotopic (exact) mass is 375 g/mol. The maximum absolute atomic E-state index is 12.8. The normalized spacial score (nSPS) is 16.5. The first-order valence-corrected chi connectivity index (χ1v) is 9.69. The molecule has 144 valence electrons. The van der Waals surface area contributed by atoms with E-state index in [0.29, 0.717) is 6.61 Å². The quantitative estimate of drug-likeness (QED) is 0.657. The number of ether oxygens (including phenoxy) is 1. The number of amides is 1. The lowest BCUT2D eigenvalue weighted by atomic mass is 10.0. The molecule has 0 bridgehead atoms. The van der Waals surface area contributed by atoms with Crippen LogP contribution >= 0.6 is 0 Å². The number of carbonyl (C=O) groups excluding carboxylic acids is 1. The Morgan fingerprint density at radius 1 is 1.11 bits per heavy atom. The van der Waals surface area contributed by atoms with E-state index in [4.69, 9.17) is 4.74 Å². The average molecular weight is 375 g/mol. The molecule has 1 aliphatic heterocycles. The van der Waals surface area contributed by atoms with Crippen LogP contribution in [0.15, 0.2) is 67.3 Å². The van der Waals surface area contributed by atoms with Crippen molar-refractivity contribution in [2.45, 2.75) is 25.4 Å². The molecule has 28 heavy (non-hydrogen) atoms. The molecule has 0 unspecified atom stereocenters. The van der Waals surface area contributed by atoms with E-state index in [9.17, 15) is 4.79 Å². The van der Waals surface area contributed by atoms with Gasteiger partial charge >= 0.3 is 0 Å². The van der Waals surface area contributed by atoms with Gasteiger partial charge in [-0.15, -0.1) is 0 Å². The molecule has 5 heteroatoms. The summed E-state index contributed by atoms with van der Waals surface area (Å²) in [6, 6.07) is 16.6. The van der Waals surface area contributed by atoms with Crippen LogP contribution in [0.5, 0.6) is 0 Å². The zero-order valence-corrected chi connectivity index (χ0v) is 16.1. The lowest BCUT2D eigenvalue weighted by Crippen LogP contribution is -2.38. The first-order chi connectivity index (χ1) is 13.7. The molecule has 1 aliphatic rings. The summed E-state index contributed by atoms with van der Waals surface area (Å²) in [4.78, 5) is 18.9. The Hall–Kier alpha value is -2.92. The number of likely N-dealkylation sites (tertiary alicyclic amines) is 1. The molecule has 0 radical (unpaired) electrons.